The molecule has 2 aliphatic heterocycles. The van der Waals surface area contributed by atoms with E-state index in [1.807, 2.05) is 13.0 Å². The average Bonchev–Trinajstić information content (AvgIpc) is 2.82. The molecule has 2 fully saturated rings. The fourth-order valence-corrected chi connectivity index (χ4v) is 3.70. The smallest absolute Gasteiger partial charge is 0.220 e. The Bertz CT molecular complexity index is 574. The maximum absolute atomic E-state index is 11.4. The SMILES string of the molecule is Cc1[nH]c(CN2CCC[C@]3(CCC(=O)NC3)C2)cc1C#N. The van der Waals surface area contributed by atoms with Crippen LogP contribution >= 0.6 is 0 Å². The number of H-pyrrole nitrogens is 1. The van der Waals surface area contributed by atoms with E-state index in [4.69, 9.17) is 5.26 Å². The van der Waals surface area contributed by atoms with Gasteiger partial charge in [-0.25, -0.2) is 0 Å². The molecular weight excluding hydrogens is 264 g/mol. The lowest BCUT2D eigenvalue weighted by molar-refractivity contribution is -0.125. The van der Waals surface area contributed by atoms with Gasteiger partial charge in [0.05, 0.1) is 5.56 Å². The molecule has 1 spiro atoms. The molecule has 1 atom stereocenters. The number of likely N-dealkylation sites (tertiary alicyclic amines) is 1. The van der Waals surface area contributed by atoms with Crippen LogP contribution in [-0.2, 0) is 11.3 Å². The molecule has 1 aromatic heterocycles. The van der Waals surface area contributed by atoms with Crippen LogP contribution in [0.4, 0.5) is 0 Å². The van der Waals surface area contributed by atoms with Crippen LogP contribution in [0.1, 0.15) is 42.6 Å². The highest BCUT2D eigenvalue weighted by Gasteiger charge is 2.38. The number of aryl methyl sites for hydroxylation is 1. The van der Waals surface area contributed by atoms with E-state index in [9.17, 15) is 4.79 Å². The van der Waals surface area contributed by atoms with Crippen LogP contribution in [0.2, 0.25) is 0 Å². The van der Waals surface area contributed by atoms with Crippen molar-refractivity contribution >= 4 is 5.91 Å². The molecule has 21 heavy (non-hydrogen) atoms. The van der Waals surface area contributed by atoms with Crippen LogP contribution < -0.4 is 5.32 Å². The lowest BCUT2D eigenvalue weighted by Crippen LogP contribution is -2.52. The van der Waals surface area contributed by atoms with Crippen molar-refractivity contribution in [3.05, 3.63) is 23.0 Å². The first kappa shape index (κ1) is 14.2. The minimum absolute atomic E-state index is 0.191. The van der Waals surface area contributed by atoms with E-state index in [0.717, 1.165) is 49.6 Å². The van der Waals surface area contributed by atoms with Crippen LogP contribution in [-0.4, -0.2) is 35.4 Å². The molecule has 0 bridgehead atoms. The highest BCUT2D eigenvalue weighted by Crippen LogP contribution is 2.36. The Balaban J connectivity index is 1.66. The number of hydrogen-bond donors (Lipinski definition) is 2. The summed E-state index contributed by atoms with van der Waals surface area (Å²) in [4.78, 5) is 17.1. The topological polar surface area (TPSA) is 71.9 Å². The Morgan fingerprint density at radius 3 is 3.00 bits per heavy atom. The molecular formula is C16H22N4O. The molecule has 112 valence electrons. The molecule has 5 nitrogen and oxygen atoms in total. The highest BCUT2D eigenvalue weighted by atomic mass is 16.1. The molecule has 0 aliphatic carbocycles. The Morgan fingerprint density at radius 1 is 1.48 bits per heavy atom. The normalized spacial score (nSPS) is 26.6. The second-order valence-corrected chi connectivity index (χ2v) is 6.54. The van der Waals surface area contributed by atoms with Crippen molar-refractivity contribution in [1.29, 1.82) is 5.26 Å². The summed E-state index contributed by atoms with van der Waals surface area (Å²) in [5, 5.41) is 12.1. The summed E-state index contributed by atoms with van der Waals surface area (Å²) >= 11 is 0. The van der Waals surface area contributed by atoms with Gasteiger partial charge in [0, 0.05) is 42.9 Å². The maximum Gasteiger partial charge on any atom is 0.220 e. The Morgan fingerprint density at radius 2 is 2.33 bits per heavy atom. The van der Waals surface area contributed by atoms with Gasteiger partial charge in [0.2, 0.25) is 5.91 Å². The summed E-state index contributed by atoms with van der Waals surface area (Å²) < 4.78 is 0. The fraction of sp³-hybridized carbons (Fsp3) is 0.625. The van der Waals surface area contributed by atoms with E-state index >= 15 is 0 Å². The molecule has 5 heteroatoms. The first-order valence-corrected chi connectivity index (χ1v) is 7.68. The number of amides is 1. The van der Waals surface area contributed by atoms with Gasteiger partial charge in [-0.1, -0.05) is 0 Å². The molecule has 3 rings (SSSR count). The number of rotatable bonds is 2. The number of aromatic nitrogens is 1. The third-order valence-electron chi connectivity index (χ3n) is 4.87. The summed E-state index contributed by atoms with van der Waals surface area (Å²) in [6.07, 6.45) is 4.05. The average molecular weight is 286 g/mol. The number of nitriles is 1. The number of carbonyl (C=O) groups excluding carboxylic acids is 1. The second kappa shape index (κ2) is 5.53. The van der Waals surface area contributed by atoms with Crippen LogP contribution in [0.5, 0.6) is 0 Å². The van der Waals surface area contributed by atoms with Crippen molar-refractivity contribution < 1.29 is 4.79 Å². The molecule has 0 saturated carbocycles. The van der Waals surface area contributed by atoms with E-state index < -0.39 is 0 Å². The standard InChI is InChI=1S/C16H22N4O/c1-12-13(8-17)7-14(19-12)9-20-6-2-4-16(11-20)5-3-15(21)18-10-16/h7,19H,2-6,9-11H2,1H3,(H,18,21)/t16-/m1/s1. The number of carbonyl (C=O) groups is 1. The summed E-state index contributed by atoms with van der Waals surface area (Å²) in [5.74, 6) is 0.191. The van der Waals surface area contributed by atoms with Gasteiger partial charge in [-0.15, -0.1) is 0 Å². The van der Waals surface area contributed by atoms with Crippen molar-refractivity contribution in [3.63, 3.8) is 0 Å². The lowest BCUT2D eigenvalue weighted by Gasteiger charge is -2.45. The van der Waals surface area contributed by atoms with E-state index in [2.05, 4.69) is 21.3 Å². The zero-order valence-corrected chi connectivity index (χ0v) is 12.5. The van der Waals surface area contributed by atoms with Crippen molar-refractivity contribution in [2.45, 2.75) is 39.2 Å². The van der Waals surface area contributed by atoms with E-state index in [1.165, 1.54) is 12.8 Å². The number of hydrogen-bond acceptors (Lipinski definition) is 3. The molecule has 0 aromatic carbocycles. The van der Waals surface area contributed by atoms with Gasteiger partial charge < -0.3 is 10.3 Å². The molecule has 3 heterocycles. The van der Waals surface area contributed by atoms with E-state index in [-0.39, 0.29) is 11.3 Å². The summed E-state index contributed by atoms with van der Waals surface area (Å²) in [6.45, 7) is 5.74. The maximum atomic E-state index is 11.4. The van der Waals surface area contributed by atoms with Crippen LogP contribution in [0, 0.1) is 23.7 Å². The number of nitrogens with one attached hydrogen (secondary N) is 2. The summed E-state index contributed by atoms with van der Waals surface area (Å²) in [6, 6.07) is 4.17. The third-order valence-corrected chi connectivity index (χ3v) is 4.87. The summed E-state index contributed by atoms with van der Waals surface area (Å²) in [7, 11) is 0. The van der Waals surface area contributed by atoms with Crippen molar-refractivity contribution in [2.75, 3.05) is 19.6 Å². The van der Waals surface area contributed by atoms with E-state index in [0.29, 0.717) is 6.42 Å². The monoisotopic (exact) mass is 286 g/mol. The third kappa shape index (κ3) is 2.96. The van der Waals surface area contributed by atoms with Gasteiger partial charge in [-0.3, -0.25) is 9.69 Å². The van der Waals surface area contributed by atoms with Gasteiger partial charge in [0.1, 0.15) is 6.07 Å². The Kier molecular flexibility index (Phi) is 3.73. The van der Waals surface area contributed by atoms with Gasteiger partial charge in [-0.05, 0) is 38.8 Å². The van der Waals surface area contributed by atoms with Crippen molar-refractivity contribution in [2.24, 2.45) is 5.41 Å². The van der Waals surface area contributed by atoms with Gasteiger partial charge in [0.15, 0.2) is 0 Å². The summed E-state index contributed by atoms with van der Waals surface area (Å²) in [5.41, 5.74) is 3.05. The zero-order valence-electron chi connectivity index (χ0n) is 12.5. The zero-order chi connectivity index (χ0) is 14.9. The minimum Gasteiger partial charge on any atom is -0.360 e. The molecule has 2 N–H and O–H groups in total. The van der Waals surface area contributed by atoms with Crippen LogP contribution in [0.3, 0.4) is 0 Å². The Labute approximate surface area is 125 Å². The molecule has 0 unspecified atom stereocenters. The first-order valence-electron chi connectivity index (χ1n) is 7.68. The fourth-order valence-electron chi connectivity index (χ4n) is 3.70. The molecule has 1 aromatic rings. The largest absolute Gasteiger partial charge is 0.360 e. The minimum atomic E-state index is 0.191. The van der Waals surface area contributed by atoms with Crippen molar-refractivity contribution in [1.82, 2.24) is 15.2 Å². The second-order valence-electron chi connectivity index (χ2n) is 6.54. The van der Waals surface area contributed by atoms with Crippen LogP contribution in [0.25, 0.3) is 0 Å². The predicted octanol–water partition coefficient (Wildman–Crippen LogP) is 1.69. The molecule has 1 amide bonds. The van der Waals surface area contributed by atoms with Gasteiger partial charge >= 0.3 is 0 Å². The first-order chi connectivity index (χ1) is 10.1. The predicted molar refractivity (Wildman–Crippen MR) is 79.4 cm³/mol. The molecule has 2 saturated heterocycles. The van der Waals surface area contributed by atoms with Crippen molar-refractivity contribution in [3.8, 4) is 6.07 Å². The quantitative estimate of drug-likeness (QED) is 0.869. The number of aromatic amines is 1. The lowest BCUT2D eigenvalue weighted by atomic mass is 9.74. The van der Waals surface area contributed by atoms with Gasteiger partial charge in [-0.2, -0.15) is 5.26 Å². The van der Waals surface area contributed by atoms with E-state index in [1.54, 1.807) is 0 Å². The molecule has 2 aliphatic rings. The Hall–Kier alpha value is -1.80. The molecule has 0 radical (unpaired) electrons. The highest BCUT2D eigenvalue weighted by molar-refractivity contribution is 5.76. The number of nitrogens with zero attached hydrogens (tertiary/aromatic N) is 2. The van der Waals surface area contributed by atoms with Crippen LogP contribution in [0.15, 0.2) is 6.07 Å². The van der Waals surface area contributed by atoms with Gasteiger partial charge in [0.25, 0.3) is 0 Å². The number of piperidine rings is 2.